The first-order valence-corrected chi connectivity index (χ1v) is 9.44. The zero-order chi connectivity index (χ0) is 18.5. The second kappa shape index (κ2) is 8.34. The lowest BCUT2D eigenvalue weighted by Gasteiger charge is -2.14. The molecule has 6 heteroatoms. The molecule has 0 bridgehead atoms. The topological polar surface area (TPSA) is 51.2 Å². The Balaban J connectivity index is 1.61. The van der Waals surface area contributed by atoms with Crippen LogP contribution in [-0.4, -0.2) is 18.0 Å². The van der Waals surface area contributed by atoms with Crippen molar-refractivity contribution in [1.29, 1.82) is 0 Å². The summed E-state index contributed by atoms with van der Waals surface area (Å²) in [6.45, 7) is 1.95. The summed E-state index contributed by atoms with van der Waals surface area (Å²) >= 11 is 7.43. The zero-order valence-corrected chi connectivity index (χ0v) is 16.1. The van der Waals surface area contributed by atoms with E-state index >= 15 is 0 Å². The van der Waals surface area contributed by atoms with Crippen LogP contribution in [0.4, 0.5) is 0 Å². The highest BCUT2D eigenvalue weighted by Crippen LogP contribution is 2.26. The van der Waals surface area contributed by atoms with Gasteiger partial charge in [-0.25, -0.2) is 4.98 Å². The molecule has 1 heterocycles. The van der Waals surface area contributed by atoms with Crippen LogP contribution in [-0.2, 0) is 11.2 Å². The zero-order valence-electron chi connectivity index (χ0n) is 14.5. The number of aromatic nitrogens is 1. The standard InChI is InChI=1S/C20H19ClN2O2S/c1-13(14-3-7-16(21)8-4-14)22-19(24)11-17-12-26-20(23-17)15-5-9-18(25-2)10-6-15/h3-10,12-13H,11H2,1-2H3,(H,22,24)/t13-/m1/s1. The number of hydrogen-bond donors (Lipinski definition) is 1. The van der Waals surface area contributed by atoms with Gasteiger partial charge in [0.1, 0.15) is 10.8 Å². The minimum absolute atomic E-state index is 0.0565. The molecule has 0 saturated carbocycles. The predicted octanol–water partition coefficient (Wildman–Crippen LogP) is 4.89. The molecule has 0 unspecified atom stereocenters. The van der Waals surface area contributed by atoms with Crippen LogP contribution in [0, 0.1) is 0 Å². The number of ether oxygens (including phenoxy) is 1. The van der Waals surface area contributed by atoms with E-state index in [9.17, 15) is 4.79 Å². The number of amides is 1. The number of thiazole rings is 1. The first kappa shape index (κ1) is 18.4. The van der Waals surface area contributed by atoms with Gasteiger partial charge in [0.2, 0.25) is 5.91 Å². The minimum Gasteiger partial charge on any atom is -0.497 e. The lowest BCUT2D eigenvalue weighted by atomic mass is 10.1. The van der Waals surface area contributed by atoms with Gasteiger partial charge in [0.05, 0.1) is 25.3 Å². The SMILES string of the molecule is COc1ccc(-c2nc(CC(=O)N[C@H](C)c3ccc(Cl)cc3)cs2)cc1. The molecule has 2 aromatic carbocycles. The Kier molecular flexibility index (Phi) is 5.91. The van der Waals surface area contributed by atoms with E-state index in [4.69, 9.17) is 16.3 Å². The van der Waals surface area contributed by atoms with Crippen LogP contribution < -0.4 is 10.1 Å². The molecule has 26 heavy (non-hydrogen) atoms. The Hall–Kier alpha value is -2.37. The van der Waals surface area contributed by atoms with E-state index in [1.807, 2.05) is 60.8 Å². The van der Waals surface area contributed by atoms with Crippen molar-refractivity contribution in [3.05, 3.63) is 70.2 Å². The third kappa shape index (κ3) is 4.62. The molecule has 3 rings (SSSR count). The summed E-state index contributed by atoms with van der Waals surface area (Å²) in [7, 11) is 1.64. The van der Waals surface area contributed by atoms with Gasteiger partial charge in [0.25, 0.3) is 0 Å². The summed E-state index contributed by atoms with van der Waals surface area (Å²) in [5.74, 6) is 0.750. The number of methoxy groups -OCH3 is 1. The van der Waals surface area contributed by atoms with Gasteiger partial charge in [-0.1, -0.05) is 23.7 Å². The molecule has 0 saturated heterocycles. The van der Waals surface area contributed by atoms with Gasteiger partial charge in [0.15, 0.2) is 0 Å². The van der Waals surface area contributed by atoms with Crippen LogP contribution in [0.3, 0.4) is 0 Å². The molecule has 1 aromatic heterocycles. The highest BCUT2D eigenvalue weighted by Gasteiger charge is 2.13. The number of nitrogens with one attached hydrogen (secondary N) is 1. The van der Waals surface area contributed by atoms with Crippen molar-refractivity contribution in [3.8, 4) is 16.3 Å². The van der Waals surface area contributed by atoms with Gasteiger partial charge >= 0.3 is 0 Å². The van der Waals surface area contributed by atoms with Gasteiger partial charge in [-0.3, -0.25) is 4.79 Å². The molecule has 0 aliphatic carbocycles. The van der Waals surface area contributed by atoms with E-state index in [-0.39, 0.29) is 18.4 Å². The largest absolute Gasteiger partial charge is 0.497 e. The average molecular weight is 387 g/mol. The van der Waals surface area contributed by atoms with Crippen LogP contribution >= 0.6 is 22.9 Å². The van der Waals surface area contributed by atoms with E-state index in [1.165, 1.54) is 11.3 Å². The number of hydrogen-bond acceptors (Lipinski definition) is 4. The maximum absolute atomic E-state index is 12.3. The van der Waals surface area contributed by atoms with E-state index < -0.39 is 0 Å². The van der Waals surface area contributed by atoms with Crippen molar-refractivity contribution in [1.82, 2.24) is 10.3 Å². The second-order valence-corrected chi connectivity index (χ2v) is 7.18. The van der Waals surface area contributed by atoms with Crippen molar-refractivity contribution in [2.75, 3.05) is 7.11 Å². The Morgan fingerprint density at radius 2 is 1.88 bits per heavy atom. The highest BCUT2D eigenvalue weighted by atomic mass is 35.5. The normalized spacial score (nSPS) is 11.8. The third-order valence-corrected chi connectivity index (χ3v) is 5.17. The van der Waals surface area contributed by atoms with E-state index in [2.05, 4.69) is 10.3 Å². The van der Waals surface area contributed by atoms with Gasteiger partial charge in [-0.15, -0.1) is 11.3 Å². The molecule has 0 aliphatic rings. The second-order valence-electron chi connectivity index (χ2n) is 5.89. The molecular formula is C20H19ClN2O2S. The number of rotatable bonds is 6. The first-order chi connectivity index (χ1) is 12.5. The number of carbonyl (C=O) groups excluding carboxylic acids is 1. The van der Waals surface area contributed by atoms with E-state index in [0.29, 0.717) is 5.02 Å². The monoisotopic (exact) mass is 386 g/mol. The van der Waals surface area contributed by atoms with Crippen LogP contribution in [0.2, 0.25) is 5.02 Å². The van der Waals surface area contributed by atoms with E-state index in [0.717, 1.165) is 27.6 Å². The molecule has 1 N–H and O–H groups in total. The van der Waals surface area contributed by atoms with Crippen molar-refractivity contribution in [3.63, 3.8) is 0 Å². The summed E-state index contributed by atoms with van der Waals surface area (Å²) < 4.78 is 5.17. The number of carbonyl (C=O) groups is 1. The summed E-state index contributed by atoms with van der Waals surface area (Å²) in [6, 6.07) is 15.1. The van der Waals surface area contributed by atoms with Crippen molar-refractivity contribution in [2.45, 2.75) is 19.4 Å². The number of halogens is 1. The fourth-order valence-electron chi connectivity index (χ4n) is 2.55. The van der Waals surface area contributed by atoms with Crippen molar-refractivity contribution in [2.24, 2.45) is 0 Å². The Labute approximate surface area is 161 Å². The maximum atomic E-state index is 12.3. The Bertz CT molecular complexity index is 876. The quantitative estimate of drug-likeness (QED) is 0.656. The number of nitrogens with zero attached hydrogens (tertiary/aromatic N) is 1. The molecule has 1 atom stereocenters. The summed E-state index contributed by atoms with van der Waals surface area (Å²) in [5, 5.41) is 6.49. The van der Waals surface area contributed by atoms with Gasteiger partial charge in [0, 0.05) is 16.0 Å². The van der Waals surface area contributed by atoms with Crippen LogP contribution in [0.25, 0.3) is 10.6 Å². The number of benzene rings is 2. The van der Waals surface area contributed by atoms with Crippen LogP contribution in [0.1, 0.15) is 24.2 Å². The predicted molar refractivity (Wildman–Crippen MR) is 106 cm³/mol. The van der Waals surface area contributed by atoms with Crippen molar-refractivity contribution >= 4 is 28.8 Å². The average Bonchev–Trinajstić information content (AvgIpc) is 3.10. The lowest BCUT2D eigenvalue weighted by Crippen LogP contribution is -2.28. The minimum atomic E-state index is -0.0838. The Morgan fingerprint density at radius 3 is 2.54 bits per heavy atom. The fraction of sp³-hybridized carbons (Fsp3) is 0.200. The molecule has 3 aromatic rings. The molecule has 0 spiro atoms. The molecule has 0 aliphatic heterocycles. The summed E-state index contributed by atoms with van der Waals surface area (Å²) in [6.07, 6.45) is 0.255. The molecule has 0 radical (unpaired) electrons. The van der Waals surface area contributed by atoms with Gasteiger partial charge in [-0.2, -0.15) is 0 Å². The summed E-state index contributed by atoms with van der Waals surface area (Å²) in [4.78, 5) is 16.9. The first-order valence-electron chi connectivity index (χ1n) is 8.19. The fourth-order valence-corrected chi connectivity index (χ4v) is 3.50. The molecule has 4 nitrogen and oxygen atoms in total. The van der Waals surface area contributed by atoms with Gasteiger partial charge in [-0.05, 0) is 48.9 Å². The highest BCUT2D eigenvalue weighted by molar-refractivity contribution is 7.13. The van der Waals surface area contributed by atoms with Crippen LogP contribution in [0.5, 0.6) is 5.75 Å². The molecular weight excluding hydrogens is 368 g/mol. The maximum Gasteiger partial charge on any atom is 0.226 e. The van der Waals surface area contributed by atoms with Crippen molar-refractivity contribution < 1.29 is 9.53 Å². The lowest BCUT2D eigenvalue weighted by molar-refractivity contribution is -0.121. The molecule has 0 fully saturated rings. The smallest absolute Gasteiger partial charge is 0.226 e. The van der Waals surface area contributed by atoms with Crippen LogP contribution in [0.15, 0.2) is 53.9 Å². The van der Waals surface area contributed by atoms with E-state index in [1.54, 1.807) is 7.11 Å². The molecule has 1 amide bonds. The Morgan fingerprint density at radius 1 is 1.19 bits per heavy atom. The summed E-state index contributed by atoms with van der Waals surface area (Å²) in [5.41, 5.74) is 2.79. The third-order valence-electron chi connectivity index (χ3n) is 3.98. The molecule has 134 valence electrons. The van der Waals surface area contributed by atoms with Gasteiger partial charge < -0.3 is 10.1 Å².